The summed E-state index contributed by atoms with van der Waals surface area (Å²) in [5.74, 6) is 0.0973. The van der Waals surface area contributed by atoms with Gasteiger partial charge in [-0.15, -0.1) is 11.8 Å². The molecular weight excluding hydrogens is 268 g/mol. The van der Waals surface area contributed by atoms with Crippen molar-refractivity contribution in [3.63, 3.8) is 0 Å². The lowest BCUT2D eigenvalue weighted by molar-refractivity contribution is -0.120. The normalized spacial score (nSPS) is 13.8. The molecule has 4 heteroatoms. The van der Waals surface area contributed by atoms with Crippen LogP contribution in [0, 0.1) is 0 Å². The van der Waals surface area contributed by atoms with Crippen LogP contribution in [-0.4, -0.2) is 24.2 Å². The van der Waals surface area contributed by atoms with Crippen molar-refractivity contribution in [2.75, 3.05) is 13.1 Å². The molecule has 0 aromatic heterocycles. The van der Waals surface area contributed by atoms with Crippen molar-refractivity contribution in [3.8, 4) is 0 Å². The Morgan fingerprint density at radius 1 is 1.30 bits per heavy atom. The Bertz CT molecular complexity index is 423. The quantitative estimate of drug-likeness (QED) is 0.722. The first-order valence-corrected chi connectivity index (χ1v) is 8.24. The van der Waals surface area contributed by atoms with Crippen molar-refractivity contribution >= 4 is 17.7 Å². The smallest absolute Gasteiger partial charge is 0.233 e. The van der Waals surface area contributed by atoms with E-state index in [1.807, 2.05) is 13.8 Å². The second-order valence-corrected chi connectivity index (χ2v) is 6.32. The molecule has 0 radical (unpaired) electrons. The standard InChI is InChI=1S/C16H26N2OS/c1-5-10-18-12(3)14-8-7-9-15(11-14)20-13(4)16(19)17-6-2/h7-9,11-13,18H,5-6,10H2,1-4H3,(H,17,19). The van der Waals surface area contributed by atoms with Gasteiger partial charge in [0.05, 0.1) is 5.25 Å². The van der Waals surface area contributed by atoms with Crippen molar-refractivity contribution in [1.29, 1.82) is 0 Å². The summed E-state index contributed by atoms with van der Waals surface area (Å²) in [4.78, 5) is 12.9. The van der Waals surface area contributed by atoms with E-state index in [9.17, 15) is 4.79 Å². The van der Waals surface area contributed by atoms with Crippen LogP contribution in [0.1, 0.15) is 45.7 Å². The van der Waals surface area contributed by atoms with Crippen LogP contribution in [0.15, 0.2) is 29.2 Å². The lowest BCUT2D eigenvalue weighted by atomic mass is 10.1. The molecule has 0 fully saturated rings. The number of thioether (sulfide) groups is 1. The van der Waals surface area contributed by atoms with Crippen LogP contribution < -0.4 is 10.6 Å². The zero-order valence-corrected chi connectivity index (χ0v) is 13.7. The predicted octanol–water partition coefficient (Wildman–Crippen LogP) is 3.36. The molecule has 0 aliphatic carbocycles. The molecule has 1 rings (SSSR count). The number of hydrogen-bond donors (Lipinski definition) is 2. The van der Waals surface area contributed by atoms with Gasteiger partial charge in [-0.3, -0.25) is 4.79 Å². The summed E-state index contributed by atoms with van der Waals surface area (Å²) < 4.78 is 0. The van der Waals surface area contributed by atoms with Crippen molar-refractivity contribution in [2.45, 2.75) is 50.3 Å². The molecule has 1 amide bonds. The number of nitrogens with one attached hydrogen (secondary N) is 2. The minimum atomic E-state index is -0.0656. The first kappa shape index (κ1) is 17.1. The maximum Gasteiger partial charge on any atom is 0.233 e. The highest BCUT2D eigenvalue weighted by Crippen LogP contribution is 2.26. The minimum absolute atomic E-state index is 0.0656. The SMILES string of the molecule is CCCNC(C)c1cccc(SC(C)C(=O)NCC)c1. The Hall–Kier alpha value is -1.00. The van der Waals surface area contributed by atoms with E-state index in [4.69, 9.17) is 0 Å². The molecule has 0 heterocycles. The van der Waals surface area contributed by atoms with E-state index in [0.717, 1.165) is 17.9 Å². The molecule has 0 saturated heterocycles. The fourth-order valence-corrected chi connectivity index (χ4v) is 2.87. The molecule has 0 spiro atoms. The van der Waals surface area contributed by atoms with Crippen LogP contribution in [-0.2, 0) is 4.79 Å². The summed E-state index contributed by atoms with van der Waals surface area (Å²) in [6, 6.07) is 8.78. The zero-order valence-electron chi connectivity index (χ0n) is 12.9. The predicted molar refractivity (Wildman–Crippen MR) is 87.2 cm³/mol. The van der Waals surface area contributed by atoms with Crippen molar-refractivity contribution in [3.05, 3.63) is 29.8 Å². The first-order chi connectivity index (χ1) is 9.58. The Labute approximate surface area is 126 Å². The van der Waals surface area contributed by atoms with Crippen LogP contribution in [0.3, 0.4) is 0 Å². The van der Waals surface area contributed by atoms with Crippen LogP contribution in [0.4, 0.5) is 0 Å². The number of carbonyl (C=O) groups is 1. The van der Waals surface area contributed by atoms with Crippen LogP contribution in [0.25, 0.3) is 0 Å². The third-order valence-corrected chi connectivity index (χ3v) is 4.19. The highest BCUT2D eigenvalue weighted by Gasteiger charge is 2.14. The molecule has 2 atom stereocenters. The van der Waals surface area contributed by atoms with E-state index < -0.39 is 0 Å². The second kappa shape index (κ2) is 9.03. The molecular formula is C16H26N2OS. The zero-order chi connectivity index (χ0) is 15.0. The molecule has 2 N–H and O–H groups in total. The van der Waals surface area contributed by atoms with E-state index in [1.165, 1.54) is 5.56 Å². The molecule has 2 unspecified atom stereocenters. The molecule has 20 heavy (non-hydrogen) atoms. The highest BCUT2D eigenvalue weighted by molar-refractivity contribution is 8.00. The van der Waals surface area contributed by atoms with Gasteiger partial charge in [0.15, 0.2) is 0 Å². The van der Waals surface area contributed by atoms with Gasteiger partial charge >= 0.3 is 0 Å². The molecule has 3 nitrogen and oxygen atoms in total. The van der Waals surface area contributed by atoms with E-state index in [0.29, 0.717) is 12.6 Å². The van der Waals surface area contributed by atoms with Gasteiger partial charge in [-0.1, -0.05) is 19.1 Å². The van der Waals surface area contributed by atoms with Gasteiger partial charge in [0, 0.05) is 17.5 Å². The molecule has 0 saturated carbocycles. The van der Waals surface area contributed by atoms with Crippen molar-refractivity contribution < 1.29 is 4.79 Å². The summed E-state index contributed by atoms with van der Waals surface area (Å²) in [6.07, 6.45) is 1.13. The first-order valence-electron chi connectivity index (χ1n) is 7.36. The second-order valence-electron chi connectivity index (χ2n) is 4.90. The number of benzene rings is 1. The minimum Gasteiger partial charge on any atom is -0.355 e. The van der Waals surface area contributed by atoms with Gasteiger partial charge in [-0.05, 0) is 51.4 Å². The summed E-state index contributed by atoms with van der Waals surface area (Å²) in [7, 11) is 0. The fourth-order valence-electron chi connectivity index (χ4n) is 1.91. The van der Waals surface area contributed by atoms with Crippen LogP contribution in [0.5, 0.6) is 0 Å². The molecule has 112 valence electrons. The lowest BCUT2D eigenvalue weighted by Gasteiger charge is -2.16. The summed E-state index contributed by atoms with van der Waals surface area (Å²) in [5, 5.41) is 6.28. The van der Waals surface area contributed by atoms with E-state index in [-0.39, 0.29) is 11.2 Å². The molecule has 0 aliphatic heterocycles. The van der Waals surface area contributed by atoms with Gasteiger partial charge in [0.1, 0.15) is 0 Å². The van der Waals surface area contributed by atoms with Crippen LogP contribution in [0.2, 0.25) is 0 Å². The summed E-state index contributed by atoms with van der Waals surface area (Å²) >= 11 is 1.61. The van der Waals surface area contributed by atoms with Gasteiger partial charge in [-0.25, -0.2) is 0 Å². The lowest BCUT2D eigenvalue weighted by Crippen LogP contribution is -2.30. The van der Waals surface area contributed by atoms with Crippen LogP contribution >= 0.6 is 11.8 Å². The van der Waals surface area contributed by atoms with E-state index in [1.54, 1.807) is 11.8 Å². The van der Waals surface area contributed by atoms with Gasteiger partial charge in [0.2, 0.25) is 5.91 Å². The van der Waals surface area contributed by atoms with Crippen molar-refractivity contribution in [2.24, 2.45) is 0 Å². The fraction of sp³-hybridized carbons (Fsp3) is 0.562. The Balaban J connectivity index is 2.65. The number of carbonyl (C=O) groups excluding carboxylic acids is 1. The van der Waals surface area contributed by atoms with Gasteiger partial charge in [-0.2, -0.15) is 0 Å². The van der Waals surface area contributed by atoms with E-state index in [2.05, 4.69) is 48.7 Å². The molecule has 0 aliphatic rings. The topological polar surface area (TPSA) is 41.1 Å². The largest absolute Gasteiger partial charge is 0.355 e. The maximum atomic E-state index is 11.8. The highest BCUT2D eigenvalue weighted by atomic mass is 32.2. The molecule has 1 aromatic carbocycles. The van der Waals surface area contributed by atoms with Gasteiger partial charge in [0.25, 0.3) is 0 Å². The number of amides is 1. The third kappa shape index (κ3) is 5.55. The van der Waals surface area contributed by atoms with E-state index >= 15 is 0 Å². The number of rotatable bonds is 8. The monoisotopic (exact) mass is 294 g/mol. The average Bonchev–Trinajstić information content (AvgIpc) is 2.45. The summed E-state index contributed by atoms with van der Waals surface area (Å²) in [5.41, 5.74) is 1.27. The average molecular weight is 294 g/mol. The third-order valence-electron chi connectivity index (χ3n) is 3.09. The Morgan fingerprint density at radius 3 is 2.70 bits per heavy atom. The molecule has 0 bridgehead atoms. The van der Waals surface area contributed by atoms with Gasteiger partial charge < -0.3 is 10.6 Å². The number of hydrogen-bond acceptors (Lipinski definition) is 3. The summed E-state index contributed by atoms with van der Waals surface area (Å²) in [6.45, 7) is 9.93. The Kier molecular flexibility index (Phi) is 7.70. The van der Waals surface area contributed by atoms with Crippen molar-refractivity contribution in [1.82, 2.24) is 10.6 Å². The molecule has 1 aromatic rings. The maximum absolute atomic E-state index is 11.8. The Morgan fingerprint density at radius 2 is 2.05 bits per heavy atom.